The van der Waals surface area contributed by atoms with E-state index in [1.807, 2.05) is 11.1 Å². The van der Waals surface area contributed by atoms with Gasteiger partial charge in [-0.15, -0.1) is 0 Å². The van der Waals surface area contributed by atoms with E-state index in [0.717, 1.165) is 33.5 Å². The van der Waals surface area contributed by atoms with Gasteiger partial charge < -0.3 is 0 Å². The van der Waals surface area contributed by atoms with Gasteiger partial charge >= 0.3 is 0 Å². The Kier molecular flexibility index (Phi) is 1.29. The van der Waals surface area contributed by atoms with E-state index in [2.05, 4.69) is 29.5 Å². The van der Waals surface area contributed by atoms with Crippen LogP contribution in [0.3, 0.4) is 0 Å². The lowest BCUT2D eigenvalue weighted by Crippen LogP contribution is -2.59. The Hall–Kier alpha value is 0.470. The number of hydrogen-bond acceptors (Lipinski definition) is 0. The van der Waals surface area contributed by atoms with Gasteiger partial charge in [0.1, 0.15) is 0 Å². The molecule has 0 aliphatic heterocycles. The van der Waals surface area contributed by atoms with Gasteiger partial charge in [0.25, 0.3) is 0 Å². The first kappa shape index (κ1) is 7.72. The van der Waals surface area contributed by atoms with E-state index in [1.165, 1.54) is 12.8 Å². The number of fused-ring (bicyclic) bond motifs is 6. The number of rotatable bonds is 0. The largest absolute Gasteiger partial charge is 0.0823 e. The summed E-state index contributed by atoms with van der Waals surface area (Å²) in [5, 5.41) is 0. The molecule has 0 aromatic carbocycles. The summed E-state index contributed by atoms with van der Waals surface area (Å²) in [6.45, 7) is 2.43. The third-order valence-electron chi connectivity index (χ3n) is 5.14. The van der Waals surface area contributed by atoms with Crippen LogP contribution in [0.25, 0.3) is 0 Å². The first-order valence-electron chi connectivity index (χ1n) is 5.66. The number of hydrogen-bond donors (Lipinski definition) is 0. The molecule has 6 atom stereocenters. The molecule has 0 spiro atoms. The minimum absolute atomic E-state index is 0.974. The summed E-state index contributed by atoms with van der Waals surface area (Å²) in [7, 11) is 0. The summed E-state index contributed by atoms with van der Waals surface area (Å²) in [6, 6.07) is 0. The van der Waals surface area contributed by atoms with Crippen LogP contribution in [0, 0.1) is 29.6 Å². The van der Waals surface area contributed by atoms with E-state index in [4.69, 9.17) is 0 Å². The molecule has 0 aromatic rings. The van der Waals surface area contributed by atoms with Crippen molar-refractivity contribution in [3.8, 4) is 0 Å². The molecule has 0 radical (unpaired) electrons. The van der Waals surface area contributed by atoms with Gasteiger partial charge in [-0.05, 0) is 48.9 Å². The quantitative estimate of drug-likeness (QED) is 0.364. The third kappa shape index (κ3) is 0.661. The SMILES string of the molecule is CC1CC2=C1C1C2C2CCC(I)C21. The fourth-order valence-electron chi connectivity index (χ4n) is 4.67. The van der Waals surface area contributed by atoms with Crippen molar-refractivity contribution in [1.29, 1.82) is 0 Å². The number of allylic oxidation sites excluding steroid dienone is 2. The molecule has 2 saturated carbocycles. The second kappa shape index (κ2) is 2.17. The summed E-state index contributed by atoms with van der Waals surface area (Å²) in [4.78, 5) is 0. The normalized spacial score (nSPS) is 61.4. The van der Waals surface area contributed by atoms with Gasteiger partial charge in [-0.2, -0.15) is 0 Å². The number of alkyl halides is 1. The highest BCUT2D eigenvalue weighted by Gasteiger charge is 2.66. The van der Waals surface area contributed by atoms with Gasteiger partial charge in [0.05, 0.1) is 0 Å². The zero-order chi connectivity index (χ0) is 8.74. The van der Waals surface area contributed by atoms with Crippen LogP contribution < -0.4 is 0 Å². The maximum absolute atomic E-state index is 2.71. The second-order valence-corrected chi connectivity index (χ2v) is 7.07. The van der Waals surface area contributed by atoms with Crippen molar-refractivity contribution in [3.63, 3.8) is 0 Å². The maximum Gasteiger partial charge on any atom is 0.0147 e. The van der Waals surface area contributed by atoms with Crippen molar-refractivity contribution < 1.29 is 0 Å². The van der Waals surface area contributed by atoms with Gasteiger partial charge in [-0.25, -0.2) is 0 Å². The second-order valence-electron chi connectivity index (χ2n) is 5.47. The van der Waals surface area contributed by atoms with Crippen molar-refractivity contribution in [2.24, 2.45) is 29.6 Å². The van der Waals surface area contributed by atoms with E-state index >= 15 is 0 Å². The van der Waals surface area contributed by atoms with Crippen LogP contribution in [0.2, 0.25) is 0 Å². The Bertz CT molecular complexity index is 317. The molecule has 0 bridgehead atoms. The fraction of sp³-hybridized carbons (Fsp3) is 0.833. The molecular formula is C12H15I. The topological polar surface area (TPSA) is 0 Å². The standard InChI is InChI=1S/C12H15I/c1-5-4-7-9(5)12-10(7)6-2-3-8(13)11(6)12/h5-6,8,10-12H,2-4H2,1H3. The lowest BCUT2D eigenvalue weighted by Gasteiger charge is -2.66. The molecule has 0 heterocycles. The molecule has 70 valence electrons. The summed E-state index contributed by atoms with van der Waals surface area (Å²) >= 11 is 2.71. The predicted molar refractivity (Wildman–Crippen MR) is 61.8 cm³/mol. The molecule has 4 rings (SSSR count). The highest BCUT2D eigenvalue weighted by atomic mass is 127. The third-order valence-corrected chi connectivity index (χ3v) is 6.59. The first-order chi connectivity index (χ1) is 6.29. The molecule has 0 aromatic heterocycles. The van der Waals surface area contributed by atoms with Gasteiger partial charge in [-0.1, -0.05) is 40.7 Å². The summed E-state index contributed by atoms with van der Waals surface area (Å²) in [6.07, 6.45) is 4.52. The molecule has 4 aliphatic rings. The molecule has 13 heavy (non-hydrogen) atoms. The van der Waals surface area contributed by atoms with Crippen LogP contribution in [0.15, 0.2) is 11.1 Å². The molecule has 0 saturated heterocycles. The Labute approximate surface area is 93.3 Å². The zero-order valence-electron chi connectivity index (χ0n) is 7.96. The van der Waals surface area contributed by atoms with Crippen LogP contribution in [0.5, 0.6) is 0 Å². The van der Waals surface area contributed by atoms with Crippen LogP contribution in [-0.2, 0) is 0 Å². The van der Waals surface area contributed by atoms with Gasteiger partial charge in [0.15, 0.2) is 0 Å². The van der Waals surface area contributed by atoms with Gasteiger partial charge in [-0.3, -0.25) is 0 Å². The Morgan fingerprint density at radius 1 is 1.23 bits per heavy atom. The van der Waals surface area contributed by atoms with Crippen LogP contribution in [0.1, 0.15) is 26.2 Å². The van der Waals surface area contributed by atoms with Crippen molar-refractivity contribution in [2.75, 3.05) is 0 Å². The van der Waals surface area contributed by atoms with E-state index in [9.17, 15) is 0 Å². The Morgan fingerprint density at radius 2 is 2.08 bits per heavy atom. The molecule has 1 heteroatoms. The molecule has 6 unspecified atom stereocenters. The van der Waals surface area contributed by atoms with Crippen molar-refractivity contribution >= 4 is 22.6 Å². The van der Waals surface area contributed by atoms with Crippen molar-refractivity contribution in [2.45, 2.75) is 30.1 Å². The molecule has 0 nitrogen and oxygen atoms in total. The molecular weight excluding hydrogens is 271 g/mol. The smallest absolute Gasteiger partial charge is 0.0147 e. The lowest BCUT2D eigenvalue weighted by atomic mass is 9.39. The first-order valence-corrected chi connectivity index (χ1v) is 6.90. The van der Waals surface area contributed by atoms with E-state index in [0.29, 0.717) is 0 Å². The van der Waals surface area contributed by atoms with Gasteiger partial charge in [0, 0.05) is 3.92 Å². The molecule has 0 amide bonds. The molecule has 4 aliphatic carbocycles. The van der Waals surface area contributed by atoms with Gasteiger partial charge in [0.2, 0.25) is 0 Å². The fourth-order valence-corrected chi connectivity index (χ4v) is 6.01. The minimum Gasteiger partial charge on any atom is -0.0823 e. The zero-order valence-corrected chi connectivity index (χ0v) is 10.1. The van der Waals surface area contributed by atoms with E-state index < -0.39 is 0 Å². The Balaban J connectivity index is 1.71. The van der Waals surface area contributed by atoms with Crippen molar-refractivity contribution in [1.82, 2.24) is 0 Å². The minimum atomic E-state index is 0.974. The average Bonchev–Trinajstić information content (AvgIpc) is 2.37. The molecule has 0 N–H and O–H groups in total. The Morgan fingerprint density at radius 3 is 2.85 bits per heavy atom. The van der Waals surface area contributed by atoms with E-state index in [-0.39, 0.29) is 0 Å². The summed E-state index contributed by atoms with van der Waals surface area (Å²) < 4.78 is 1.02. The summed E-state index contributed by atoms with van der Waals surface area (Å²) in [5.74, 6) is 5.43. The van der Waals surface area contributed by atoms with Crippen LogP contribution >= 0.6 is 22.6 Å². The maximum atomic E-state index is 2.71. The summed E-state index contributed by atoms with van der Waals surface area (Å²) in [5.41, 5.74) is 3.85. The van der Waals surface area contributed by atoms with Crippen LogP contribution in [-0.4, -0.2) is 3.92 Å². The highest BCUT2D eigenvalue weighted by molar-refractivity contribution is 14.1. The predicted octanol–water partition coefficient (Wildman–Crippen LogP) is 3.41. The highest BCUT2D eigenvalue weighted by Crippen LogP contribution is 2.73. The lowest BCUT2D eigenvalue weighted by molar-refractivity contribution is -0.00753. The molecule has 2 fully saturated rings. The van der Waals surface area contributed by atoms with Crippen LogP contribution in [0.4, 0.5) is 0 Å². The van der Waals surface area contributed by atoms with E-state index in [1.54, 1.807) is 6.42 Å². The average molecular weight is 286 g/mol. The number of halogens is 1. The van der Waals surface area contributed by atoms with Crippen molar-refractivity contribution in [3.05, 3.63) is 11.1 Å². The monoisotopic (exact) mass is 286 g/mol.